The Morgan fingerprint density at radius 1 is 1.36 bits per heavy atom. The molecule has 4 heteroatoms. The van der Waals surface area contributed by atoms with E-state index < -0.39 is 5.92 Å². The Hall–Kier alpha value is -0.220. The average molecular weight is 206 g/mol. The van der Waals surface area contributed by atoms with Crippen LogP contribution in [0.4, 0.5) is 8.78 Å². The van der Waals surface area contributed by atoms with Crippen LogP contribution in [0.1, 0.15) is 19.3 Å². The molecule has 1 N–H and O–H groups in total. The van der Waals surface area contributed by atoms with Crippen molar-refractivity contribution in [2.24, 2.45) is 5.92 Å². The van der Waals surface area contributed by atoms with Crippen molar-refractivity contribution in [1.82, 2.24) is 10.2 Å². The maximum absolute atomic E-state index is 13.2. The summed E-state index contributed by atoms with van der Waals surface area (Å²) in [5.74, 6) is -2.33. The second-order valence-electron chi connectivity index (χ2n) is 4.34. The molecule has 1 saturated heterocycles. The number of rotatable bonds is 4. The van der Waals surface area contributed by atoms with Gasteiger partial charge in [0.25, 0.3) is 5.92 Å². The van der Waals surface area contributed by atoms with E-state index >= 15 is 0 Å². The number of halogens is 2. The van der Waals surface area contributed by atoms with Crippen molar-refractivity contribution in [2.75, 3.05) is 33.7 Å². The predicted octanol–water partition coefficient (Wildman–Crippen LogP) is 1.57. The molecule has 0 spiro atoms. The Kier molecular flexibility index (Phi) is 4.26. The highest BCUT2D eigenvalue weighted by molar-refractivity contribution is 4.78. The molecule has 0 aromatic rings. The van der Waals surface area contributed by atoms with E-state index in [-0.39, 0.29) is 18.9 Å². The highest BCUT2D eigenvalue weighted by atomic mass is 19.3. The summed E-state index contributed by atoms with van der Waals surface area (Å²) in [6.45, 7) is 1.72. The van der Waals surface area contributed by atoms with E-state index in [1.165, 1.54) is 0 Å². The van der Waals surface area contributed by atoms with Crippen LogP contribution in [-0.4, -0.2) is 44.6 Å². The van der Waals surface area contributed by atoms with Gasteiger partial charge in [-0.25, -0.2) is 8.78 Å². The molecule has 0 radical (unpaired) electrons. The molecule has 0 aromatic heterocycles. The zero-order valence-electron chi connectivity index (χ0n) is 9.02. The summed E-state index contributed by atoms with van der Waals surface area (Å²) in [5.41, 5.74) is 0. The van der Waals surface area contributed by atoms with Crippen LogP contribution in [0.25, 0.3) is 0 Å². The number of alkyl halides is 2. The van der Waals surface area contributed by atoms with Gasteiger partial charge in [-0.3, -0.25) is 0 Å². The van der Waals surface area contributed by atoms with Crippen molar-refractivity contribution >= 4 is 0 Å². The third kappa shape index (κ3) is 3.88. The van der Waals surface area contributed by atoms with Gasteiger partial charge in [-0.05, 0) is 45.9 Å². The Labute approximate surface area is 84.7 Å². The molecule has 0 aliphatic carbocycles. The minimum atomic E-state index is -2.53. The van der Waals surface area contributed by atoms with Crippen LogP contribution < -0.4 is 5.32 Å². The fourth-order valence-electron chi connectivity index (χ4n) is 2.02. The lowest BCUT2D eigenvalue weighted by atomic mass is 9.91. The van der Waals surface area contributed by atoms with Gasteiger partial charge in [0.05, 0.1) is 6.54 Å². The zero-order valence-corrected chi connectivity index (χ0v) is 9.02. The highest BCUT2D eigenvalue weighted by Crippen LogP contribution is 2.29. The van der Waals surface area contributed by atoms with E-state index in [0.717, 1.165) is 25.9 Å². The van der Waals surface area contributed by atoms with Gasteiger partial charge >= 0.3 is 0 Å². The lowest BCUT2D eigenvalue weighted by Gasteiger charge is -2.31. The monoisotopic (exact) mass is 206 g/mol. The van der Waals surface area contributed by atoms with Crippen molar-refractivity contribution in [1.29, 1.82) is 0 Å². The first-order valence-electron chi connectivity index (χ1n) is 5.24. The molecule has 0 saturated carbocycles. The third-order valence-corrected chi connectivity index (χ3v) is 2.86. The molecular formula is C10H20F2N2. The second kappa shape index (κ2) is 5.03. The maximum Gasteiger partial charge on any atom is 0.260 e. The standard InChI is InChI=1S/C10H20F2N2/c1-13-8-10(11,12)7-9-3-5-14(2)6-4-9/h9,13H,3-8H2,1-2H3. The average Bonchev–Trinajstić information content (AvgIpc) is 2.08. The number of nitrogens with zero attached hydrogens (tertiary/aromatic N) is 1. The molecule has 2 nitrogen and oxygen atoms in total. The molecule has 14 heavy (non-hydrogen) atoms. The summed E-state index contributed by atoms with van der Waals surface area (Å²) >= 11 is 0. The van der Waals surface area contributed by atoms with Crippen LogP contribution in [0.3, 0.4) is 0 Å². The fraction of sp³-hybridized carbons (Fsp3) is 1.00. The van der Waals surface area contributed by atoms with E-state index in [4.69, 9.17) is 0 Å². The first-order valence-corrected chi connectivity index (χ1v) is 5.24. The van der Waals surface area contributed by atoms with Gasteiger partial charge in [-0.2, -0.15) is 0 Å². The molecule has 1 aliphatic rings. The van der Waals surface area contributed by atoms with Crippen LogP contribution in [0.15, 0.2) is 0 Å². The van der Waals surface area contributed by atoms with Crippen LogP contribution in [0.5, 0.6) is 0 Å². The fourth-order valence-corrected chi connectivity index (χ4v) is 2.02. The summed E-state index contributed by atoms with van der Waals surface area (Å²) < 4.78 is 26.5. The number of hydrogen-bond donors (Lipinski definition) is 1. The van der Waals surface area contributed by atoms with E-state index in [2.05, 4.69) is 10.2 Å². The first kappa shape index (κ1) is 11.9. The van der Waals surface area contributed by atoms with Crippen molar-refractivity contribution in [2.45, 2.75) is 25.2 Å². The van der Waals surface area contributed by atoms with Crippen molar-refractivity contribution in [3.63, 3.8) is 0 Å². The topological polar surface area (TPSA) is 15.3 Å². The number of likely N-dealkylation sites (tertiary alicyclic amines) is 1. The Bertz CT molecular complexity index is 166. The number of piperidine rings is 1. The van der Waals surface area contributed by atoms with Crippen LogP contribution in [-0.2, 0) is 0 Å². The number of nitrogens with one attached hydrogen (secondary N) is 1. The normalized spacial score (nSPS) is 21.4. The lowest BCUT2D eigenvalue weighted by Crippen LogP contribution is -2.37. The van der Waals surface area contributed by atoms with Gasteiger partial charge in [0, 0.05) is 6.42 Å². The van der Waals surface area contributed by atoms with Crippen molar-refractivity contribution in [3.05, 3.63) is 0 Å². The van der Waals surface area contributed by atoms with E-state index in [9.17, 15) is 8.78 Å². The largest absolute Gasteiger partial charge is 0.314 e. The van der Waals surface area contributed by atoms with Crippen molar-refractivity contribution in [3.8, 4) is 0 Å². The lowest BCUT2D eigenvalue weighted by molar-refractivity contribution is -0.0272. The summed E-state index contributed by atoms with van der Waals surface area (Å²) in [5, 5.41) is 2.55. The molecule has 1 rings (SSSR count). The zero-order chi connectivity index (χ0) is 10.6. The predicted molar refractivity (Wildman–Crippen MR) is 53.7 cm³/mol. The van der Waals surface area contributed by atoms with Gasteiger partial charge in [0.1, 0.15) is 0 Å². The quantitative estimate of drug-likeness (QED) is 0.751. The van der Waals surface area contributed by atoms with Crippen LogP contribution in [0.2, 0.25) is 0 Å². The molecule has 0 unspecified atom stereocenters. The minimum Gasteiger partial charge on any atom is -0.314 e. The van der Waals surface area contributed by atoms with Crippen LogP contribution in [0, 0.1) is 5.92 Å². The SMILES string of the molecule is CNCC(F)(F)CC1CCN(C)CC1. The highest BCUT2D eigenvalue weighted by Gasteiger charge is 2.32. The van der Waals surface area contributed by atoms with E-state index in [1.807, 2.05) is 7.05 Å². The van der Waals surface area contributed by atoms with Gasteiger partial charge < -0.3 is 10.2 Å². The molecule has 0 aromatic carbocycles. The smallest absolute Gasteiger partial charge is 0.260 e. The third-order valence-electron chi connectivity index (χ3n) is 2.86. The van der Waals surface area contributed by atoms with Crippen molar-refractivity contribution < 1.29 is 8.78 Å². The molecule has 84 valence electrons. The second-order valence-corrected chi connectivity index (χ2v) is 4.34. The molecule has 0 bridgehead atoms. The molecule has 1 heterocycles. The first-order chi connectivity index (χ1) is 6.53. The molecule has 1 fully saturated rings. The summed E-state index contributed by atoms with van der Waals surface area (Å²) in [6, 6.07) is 0. The molecule has 0 amide bonds. The van der Waals surface area contributed by atoms with E-state index in [1.54, 1.807) is 7.05 Å². The summed E-state index contributed by atoms with van der Waals surface area (Å²) in [6.07, 6.45) is 1.87. The van der Waals surface area contributed by atoms with E-state index in [0.29, 0.717) is 0 Å². The minimum absolute atomic E-state index is 0.0433. The molecule has 0 atom stereocenters. The van der Waals surface area contributed by atoms with Gasteiger partial charge in [0.2, 0.25) is 0 Å². The Morgan fingerprint density at radius 2 is 1.93 bits per heavy atom. The molecular weight excluding hydrogens is 186 g/mol. The maximum atomic E-state index is 13.2. The number of hydrogen-bond acceptors (Lipinski definition) is 2. The molecule has 1 aliphatic heterocycles. The van der Waals surface area contributed by atoms with Gasteiger partial charge in [0.15, 0.2) is 0 Å². The summed E-state index contributed by atoms with van der Waals surface area (Å²) in [7, 11) is 3.62. The van der Waals surface area contributed by atoms with Crippen LogP contribution >= 0.6 is 0 Å². The Morgan fingerprint density at radius 3 is 2.43 bits per heavy atom. The summed E-state index contributed by atoms with van der Waals surface area (Å²) in [4.78, 5) is 2.20. The Balaban J connectivity index is 2.29. The van der Waals surface area contributed by atoms with Gasteiger partial charge in [-0.1, -0.05) is 0 Å². The van der Waals surface area contributed by atoms with Gasteiger partial charge in [-0.15, -0.1) is 0 Å².